The molecule has 0 amide bonds. The average molecular weight is 463 g/mol. The van der Waals surface area contributed by atoms with Crippen LogP contribution in [0, 0.1) is 11.3 Å². The number of nitrogens with zero attached hydrogens (tertiary/aromatic N) is 3. The van der Waals surface area contributed by atoms with E-state index in [2.05, 4.69) is 45.6 Å². The molecule has 3 aromatic rings. The molecule has 0 aliphatic rings. The maximum absolute atomic E-state index is 13.7. The number of nitriles is 1. The first-order valence-corrected chi connectivity index (χ1v) is 11.2. The lowest BCUT2D eigenvalue weighted by atomic mass is 10.1. The second kappa shape index (κ2) is 10.5. The van der Waals surface area contributed by atoms with Crippen LogP contribution in [0.5, 0.6) is 0 Å². The Morgan fingerprint density at radius 3 is 2.59 bits per heavy atom. The SMILES string of the molecule is CCN(CC)CCCNc1ccc(Nc2cc(-c3ccc(C#N)s3)[nH]n2)cc1C(F)(F)F. The molecule has 2 heterocycles. The number of H-pyrrole nitrogens is 1. The monoisotopic (exact) mass is 462 g/mol. The van der Waals surface area contributed by atoms with Gasteiger partial charge in [0.15, 0.2) is 5.82 Å². The van der Waals surface area contributed by atoms with Gasteiger partial charge >= 0.3 is 6.18 Å². The molecule has 0 saturated heterocycles. The van der Waals surface area contributed by atoms with Crippen LogP contribution >= 0.6 is 11.3 Å². The largest absolute Gasteiger partial charge is 0.418 e. The summed E-state index contributed by atoms with van der Waals surface area (Å²) in [5, 5.41) is 21.7. The van der Waals surface area contributed by atoms with Crippen molar-refractivity contribution < 1.29 is 13.2 Å². The van der Waals surface area contributed by atoms with Gasteiger partial charge in [-0.25, -0.2) is 0 Å². The summed E-state index contributed by atoms with van der Waals surface area (Å²) in [5.74, 6) is 0.389. The molecule has 0 bridgehead atoms. The zero-order valence-electron chi connectivity index (χ0n) is 17.9. The van der Waals surface area contributed by atoms with Crippen molar-refractivity contribution in [3.63, 3.8) is 0 Å². The van der Waals surface area contributed by atoms with E-state index in [1.54, 1.807) is 24.3 Å². The number of thiophene rings is 1. The number of anilines is 3. The van der Waals surface area contributed by atoms with Crippen molar-refractivity contribution >= 4 is 28.5 Å². The van der Waals surface area contributed by atoms with Gasteiger partial charge in [-0.3, -0.25) is 5.10 Å². The van der Waals surface area contributed by atoms with Crippen molar-refractivity contribution in [2.75, 3.05) is 36.8 Å². The first kappa shape index (κ1) is 23.6. The third kappa shape index (κ3) is 6.02. The molecular weight excluding hydrogens is 437 g/mol. The molecule has 0 radical (unpaired) electrons. The topological polar surface area (TPSA) is 79.8 Å². The molecule has 2 aromatic heterocycles. The number of benzene rings is 1. The van der Waals surface area contributed by atoms with E-state index >= 15 is 0 Å². The Hall–Kier alpha value is -3.03. The Balaban J connectivity index is 1.69. The highest BCUT2D eigenvalue weighted by Crippen LogP contribution is 2.37. The van der Waals surface area contributed by atoms with E-state index < -0.39 is 11.7 Å². The number of aromatic amines is 1. The van der Waals surface area contributed by atoms with Crippen LogP contribution in [0.3, 0.4) is 0 Å². The maximum atomic E-state index is 13.7. The van der Waals surface area contributed by atoms with E-state index in [1.165, 1.54) is 17.4 Å². The first-order valence-electron chi connectivity index (χ1n) is 10.3. The third-order valence-corrected chi connectivity index (χ3v) is 6.04. The predicted molar refractivity (Wildman–Crippen MR) is 122 cm³/mol. The molecule has 0 aliphatic carbocycles. The van der Waals surface area contributed by atoms with Crippen LogP contribution in [0.15, 0.2) is 36.4 Å². The maximum Gasteiger partial charge on any atom is 0.418 e. The quantitative estimate of drug-likeness (QED) is 0.326. The zero-order valence-corrected chi connectivity index (χ0v) is 18.7. The summed E-state index contributed by atoms with van der Waals surface area (Å²) in [6.07, 6.45) is -3.73. The van der Waals surface area contributed by atoms with Crippen LogP contribution in [0.2, 0.25) is 0 Å². The number of rotatable bonds is 10. The van der Waals surface area contributed by atoms with Gasteiger partial charge in [0.05, 0.1) is 16.1 Å². The molecule has 170 valence electrons. The van der Waals surface area contributed by atoms with E-state index in [1.807, 2.05) is 0 Å². The summed E-state index contributed by atoms with van der Waals surface area (Å²) in [4.78, 5) is 3.62. The summed E-state index contributed by atoms with van der Waals surface area (Å²) in [5.41, 5.74) is 0.306. The van der Waals surface area contributed by atoms with Crippen LogP contribution in [0.1, 0.15) is 30.7 Å². The molecule has 6 nitrogen and oxygen atoms in total. The lowest BCUT2D eigenvalue weighted by Gasteiger charge is -2.19. The van der Waals surface area contributed by atoms with Gasteiger partial charge in [0.2, 0.25) is 0 Å². The normalized spacial score (nSPS) is 11.5. The highest BCUT2D eigenvalue weighted by molar-refractivity contribution is 7.15. The van der Waals surface area contributed by atoms with Crippen LogP contribution in [0.4, 0.5) is 30.4 Å². The van der Waals surface area contributed by atoms with Crippen LogP contribution in [-0.4, -0.2) is 41.3 Å². The van der Waals surface area contributed by atoms with Gasteiger partial charge < -0.3 is 15.5 Å². The summed E-state index contributed by atoms with van der Waals surface area (Å²) in [6.45, 7) is 7.27. The standard InChI is InChI=1S/C22H25F3N6S/c1-3-31(4-2)11-5-10-27-18-8-6-15(12-17(18)22(23,24)25)28-21-13-19(29-30-21)20-9-7-16(14-26)32-20/h6-9,12-13,27H,3-5,10-11H2,1-2H3,(H2,28,29,30). The Morgan fingerprint density at radius 2 is 1.94 bits per heavy atom. The molecule has 0 atom stereocenters. The van der Waals surface area contributed by atoms with Crippen molar-refractivity contribution in [3.05, 3.63) is 46.8 Å². The van der Waals surface area contributed by atoms with E-state index in [4.69, 9.17) is 5.26 Å². The first-order chi connectivity index (χ1) is 15.3. The highest BCUT2D eigenvalue weighted by Gasteiger charge is 2.33. The Morgan fingerprint density at radius 1 is 1.16 bits per heavy atom. The summed E-state index contributed by atoms with van der Waals surface area (Å²) >= 11 is 1.31. The van der Waals surface area contributed by atoms with Crippen molar-refractivity contribution in [3.8, 4) is 16.6 Å². The average Bonchev–Trinajstić information content (AvgIpc) is 3.43. The molecular formula is C22H25F3N6S. The molecule has 10 heteroatoms. The smallest absolute Gasteiger partial charge is 0.385 e. The van der Waals surface area contributed by atoms with Crippen molar-refractivity contribution in [2.45, 2.75) is 26.4 Å². The fraction of sp³-hybridized carbons (Fsp3) is 0.364. The fourth-order valence-corrected chi connectivity index (χ4v) is 4.05. The van der Waals surface area contributed by atoms with Gasteiger partial charge in [0.25, 0.3) is 0 Å². The third-order valence-electron chi connectivity index (χ3n) is 5.02. The number of hydrogen-bond donors (Lipinski definition) is 3. The zero-order chi connectivity index (χ0) is 23.1. The number of nitrogens with one attached hydrogen (secondary N) is 3. The van der Waals surface area contributed by atoms with E-state index in [-0.39, 0.29) is 11.4 Å². The van der Waals surface area contributed by atoms with Crippen molar-refractivity contribution in [1.29, 1.82) is 5.26 Å². The van der Waals surface area contributed by atoms with Gasteiger partial charge in [-0.1, -0.05) is 13.8 Å². The predicted octanol–water partition coefficient (Wildman–Crippen LogP) is 5.92. The van der Waals surface area contributed by atoms with Gasteiger partial charge in [-0.2, -0.15) is 23.5 Å². The van der Waals surface area contributed by atoms with Crippen LogP contribution < -0.4 is 10.6 Å². The number of aromatic nitrogens is 2. The lowest BCUT2D eigenvalue weighted by Crippen LogP contribution is -2.25. The summed E-state index contributed by atoms with van der Waals surface area (Å²) < 4.78 is 41.0. The minimum Gasteiger partial charge on any atom is -0.385 e. The van der Waals surface area contributed by atoms with Gasteiger partial charge in [0.1, 0.15) is 10.9 Å². The van der Waals surface area contributed by atoms with Gasteiger partial charge in [-0.05, 0) is 56.4 Å². The second-order valence-corrected chi connectivity index (χ2v) is 8.22. The van der Waals surface area contributed by atoms with E-state index in [0.29, 0.717) is 22.9 Å². The Bertz CT molecular complexity index is 1060. The van der Waals surface area contributed by atoms with Crippen LogP contribution in [0.25, 0.3) is 10.6 Å². The summed E-state index contributed by atoms with van der Waals surface area (Å²) in [6, 6.07) is 11.4. The molecule has 0 fully saturated rings. The number of alkyl halides is 3. The van der Waals surface area contributed by atoms with Gasteiger partial charge in [0, 0.05) is 24.0 Å². The van der Waals surface area contributed by atoms with Crippen molar-refractivity contribution in [1.82, 2.24) is 15.1 Å². The molecule has 0 unspecified atom stereocenters. The van der Waals surface area contributed by atoms with Gasteiger partial charge in [-0.15, -0.1) is 11.3 Å². The molecule has 1 aromatic carbocycles. The van der Waals surface area contributed by atoms with Crippen molar-refractivity contribution in [2.24, 2.45) is 0 Å². The molecule has 3 rings (SSSR count). The molecule has 32 heavy (non-hydrogen) atoms. The second-order valence-electron chi connectivity index (χ2n) is 7.13. The number of hydrogen-bond acceptors (Lipinski definition) is 6. The Kier molecular flexibility index (Phi) is 7.77. The molecule has 0 aliphatic heterocycles. The van der Waals surface area contributed by atoms with E-state index in [0.717, 1.165) is 37.0 Å². The molecule has 0 spiro atoms. The lowest BCUT2D eigenvalue weighted by molar-refractivity contribution is -0.136. The molecule has 3 N–H and O–H groups in total. The minimum atomic E-state index is -4.49. The minimum absolute atomic E-state index is 0.0629. The van der Waals surface area contributed by atoms with E-state index in [9.17, 15) is 13.2 Å². The molecule has 0 saturated carbocycles. The number of halogens is 3. The van der Waals surface area contributed by atoms with Crippen LogP contribution in [-0.2, 0) is 6.18 Å². The summed E-state index contributed by atoms with van der Waals surface area (Å²) in [7, 11) is 0. The Labute approximate surface area is 189 Å². The fourth-order valence-electron chi connectivity index (χ4n) is 3.28. The highest BCUT2D eigenvalue weighted by atomic mass is 32.1.